The summed E-state index contributed by atoms with van der Waals surface area (Å²) in [5.41, 5.74) is 0. The van der Waals surface area contributed by atoms with Crippen LogP contribution in [0.4, 0.5) is 0 Å². The highest BCUT2D eigenvalue weighted by atomic mass is 127. The average Bonchev–Trinajstić information content (AvgIpc) is 3.11. The van der Waals surface area contributed by atoms with Gasteiger partial charge in [0.15, 0.2) is 5.96 Å². The zero-order valence-electron chi connectivity index (χ0n) is 15.7. The van der Waals surface area contributed by atoms with Gasteiger partial charge in [-0.2, -0.15) is 0 Å². The average molecular weight is 480 g/mol. The summed E-state index contributed by atoms with van der Waals surface area (Å²) in [7, 11) is 1.72. The number of halogens is 1. The minimum atomic E-state index is 0. The van der Waals surface area contributed by atoms with Crippen molar-refractivity contribution in [1.29, 1.82) is 0 Å². The van der Waals surface area contributed by atoms with Gasteiger partial charge in [0, 0.05) is 25.1 Å². The Balaban J connectivity index is 0.00000312. The molecular formula is C18H33IN4OS. The van der Waals surface area contributed by atoms with Crippen molar-refractivity contribution in [2.24, 2.45) is 10.9 Å². The molecule has 1 saturated heterocycles. The predicted octanol–water partition coefficient (Wildman–Crippen LogP) is 3.34. The van der Waals surface area contributed by atoms with Crippen molar-refractivity contribution in [3.63, 3.8) is 0 Å². The van der Waals surface area contributed by atoms with Gasteiger partial charge in [0.05, 0.1) is 19.2 Å². The minimum absolute atomic E-state index is 0. The van der Waals surface area contributed by atoms with Crippen LogP contribution in [0.25, 0.3) is 0 Å². The van der Waals surface area contributed by atoms with Gasteiger partial charge >= 0.3 is 0 Å². The van der Waals surface area contributed by atoms with Crippen LogP contribution in [0.15, 0.2) is 22.5 Å². The molecule has 7 heteroatoms. The molecule has 1 aliphatic rings. The Hall–Kier alpha value is -0.380. The van der Waals surface area contributed by atoms with Crippen molar-refractivity contribution < 1.29 is 4.74 Å². The van der Waals surface area contributed by atoms with Crippen molar-refractivity contribution in [3.05, 3.63) is 22.4 Å². The number of piperidine rings is 1. The zero-order valence-corrected chi connectivity index (χ0v) is 18.8. The Kier molecular flexibility index (Phi) is 11.7. The summed E-state index contributed by atoms with van der Waals surface area (Å²) in [4.78, 5) is 8.86. The molecule has 1 unspecified atom stereocenters. The number of guanidine groups is 1. The maximum absolute atomic E-state index is 5.11. The number of nitrogens with one attached hydrogen (secondary N) is 2. The molecule has 1 aromatic heterocycles. The van der Waals surface area contributed by atoms with Crippen molar-refractivity contribution in [2.45, 2.75) is 32.7 Å². The SMILES string of the molecule is CCNC(=NCC(c1cccs1)N1CCC(C)CC1)NCCOC.I. The lowest BCUT2D eigenvalue weighted by Crippen LogP contribution is -2.41. The number of thiophene rings is 1. The molecule has 5 nitrogen and oxygen atoms in total. The van der Waals surface area contributed by atoms with Gasteiger partial charge < -0.3 is 15.4 Å². The highest BCUT2D eigenvalue weighted by Crippen LogP contribution is 2.29. The van der Waals surface area contributed by atoms with Crippen LogP contribution in [0.5, 0.6) is 0 Å². The Morgan fingerprint density at radius 1 is 1.40 bits per heavy atom. The highest BCUT2D eigenvalue weighted by molar-refractivity contribution is 14.0. The summed E-state index contributed by atoms with van der Waals surface area (Å²) in [6.07, 6.45) is 2.58. The molecule has 2 rings (SSSR count). The number of hydrogen-bond donors (Lipinski definition) is 2. The Bertz CT molecular complexity index is 475. The molecule has 2 N–H and O–H groups in total. The largest absolute Gasteiger partial charge is 0.383 e. The molecule has 0 amide bonds. The molecule has 25 heavy (non-hydrogen) atoms. The third kappa shape index (κ3) is 7.80. The fourth-order valence-corrected chi connectivity index (χ4v) is 3.85. The second kappa shape index (κ2) is 12.9. The third-order valence-electron chi connectivity index (χ3n) is 4.50. The number of aliphatic imine (C=N–C) groups is 1. The number of ether oxygens (including phenoxy) is 1. The molecule has 1 atom stereocenters. The monoisotopic (exact) mass is 480 g/mol. The van der Waals surface area contributed by atoms with Gasteiger partial charge in [0.25, 0.3) is 0 Å². The molecule has 1 aromatic rings. The lowest BCUT2D eigenvalue weighted by atomic mass is 9.97. The molecule has 1 aliphatic heterocycles. The fraction of sp³-hybridized carbons (Fsp3) is 0.722. The first-order chi connectivity index (χ1) is 11.7. The van der Waals surface area contributed by atoms with E-state index in [-0.39, 0.29) is 24.0 Å². The Labute approximate surface area is 173 Å². The van der Waals surface area contributed by atoms with Crippen LogP contribution < -0.4 is 10.6 Å². The second-order valence-corrected chi connectivity index (χ2v) is 7.37. The molecule has 0 spiro atoms. The van der Waals surface area contributed by atoms with Crippen LogP contribution in [0, 0.1) is 5.92 Å². The lowest BCUT2D eigenvalue weighted by molar-refractivity contribution is 0.143. The lowest BCUT2D eigenvalue weighted by Gasteiger charge is -2.35. The van der Waals surface area contributed by atoms with Gasteiger partial charge in [-0.3, -0.25) is 9.89 Å². The molecule has 0 aromatic carbocycles. The number of hydrogen-bond acceptors (Lipinski definition) is 4. The van der Waals surface area contributed by atoms with Crippen LogP contribution in [0.3, 0.4) is 0 Å². The van der Waals surface area contributed by atoms with E-state index >= 15 is 0 Å². The summed E-state index contributed by atoms with van der Waals surface area (Å²) >= 11 is 1.84. The molecular weight excluding hydrogens is 447 g/mol. The van der Waals surface area contributed by atoms with Crippen LogP contribution in [-0.2, 0) is 4.74 Å². The maximum atomic E-state index is 5.11. The number of likely N-dealkylation sites (tertiary alicyclic amines) is 1. The summed E-state index contributed by atoms with van der Waals surface area (Å²) in [6, 6.07) is 4.77. The topological polar surface area (TPSA) is 48.9 Å². The molecule has 144 valence electrons. The van der Waals surface area contributed by atoms with Gasteiger partial charge in [0.2, 0.25) is 0 Å². The smallest absolute Gasteiger partial charge is 0.191 e. The summed E-state index contributed by atoms with van der Waals surface area (Å²) in [5.74, 6) is 1.73. The number of rotatable bonds is 8. The van der Waals surface area contributed by atoms with Gasteiger partial charge in [-0.1, -0.05) is 13.0 Å². The van der Waals surface area contributed by atoms with E-state index in [9.17, 15) is 0 Å². The molecule has 0 bridgehead atoms. The summed E-state index contributed by atoms with van der Waals surface area (Å²) in [6.45, 7) is 9.91. The van der Waals surface area contributed by atoms with Gasteiger partial charge in [-0.25, -0.2) is 0 Å². The van der Waals surface area contributed by atoms with Crippen LogP contribution >= 0.6 is 35.3 Å². The van der Waals surface area contributed by atoms with Crippen molar-refractivity contribution in [3.8, 4) is 0 Å². The van der Waals surface area contributed by atoms with Crippen molar-refractivity contribution in [2.75, 3.05) is 46.4 Å². The number of methoxy groups -OCH3 is 1. The number of nitrogens with zero attached hydrogens (tertiary/aromatic N) is 2. The van der Waals surface area contributed by atoms with E-state index in [1.165, 1.54) is 30.8 Å². The third-order valence-corrected chi connectivity index (χ3v) is 5.47. The van der Waals surface area contributed by atoms with Crippen molar-refractivity contribution in [1.82, 2.24) is 15.5 Å². The predicted molar refractivity (Wildman–Crippen MR) is 118 cm³/mol. The van der Waals surface area contributed by atoms with Gasteiger partial charge in [-0.15, -0.1) is 35.3 Å². The second-order valence-electron chi connectivity index (χ2n) is 6.39. The van der Waals surface area contributed by atoms with Crippen LogP contribution in [0.2, 0.25) is 0 Å². The standard InChI is InChI=1S/C18H32N4OS.HI/c1-4-19-18(20-9-12-23-3)21-14-16(17-6-5-13-24-17)22-10-7-15(2)8-11-22;/h5-6,13,15-16H,4,7-12,14H2,1-3H3,(H2,19,20,21);1H. The van der Waals surface area contributed by atoms with Crippen LogP contribution in [0.1, 0.15) is 37.6 Å². The first-order valence-electron chi connectivity index (χ1n) is 9.03. The molecule has 0 aliphatic carbocycles. The Morgan fingerprint density at radius 3 is 2.76 bits per heavy atom. The molecule has 2 heterocycles. The Morgan fingerprint density at radius 2 is 2.16 bits per heavy atom. The van der Waals surface area contributed by atoms with Crippen LogP contribution in [-0.4, -0.2) is 57.3 Å². The fourth-order valence-electron chi connectivity index (χ4n) is 3.00. The van der Waals surface area contributed by atoms with E-state index in [2.05, 4.69) is 46.9 Å². The molecule has 1 fully saturated rings. The first kappa shape index (κ1) is 22.7. The summed E-state index contributed by atoms with van der Waals surface area (Å²) in [5, 5.41) is 8.82. The van der Waals surface area contributed by atoms with E-state index in [1.807, 2.05) is 11.3 Å². The van der Waals surface area contributed by atoms with Crippen molar-refractivity contribution >= 4 is 41.3 Å². The normalized spacial score (nSPS) is 17.8. The van der Waals surface area contributed by atoms with E-state index in [0.29, 0.717) is 12.6 Å². The quantitative estimate of drug-likeness (QED) is 0.260. The molecule has 0 radical (unpaired) electrons. The summed E-state index contributed by atoms with van der Waals surface area (Å²) < 4.78 is 5.11. The van der Waals surface area contributed by atoms with E-state index in [0.717, 1.165) is 31.5 Å². The maximum Gasteiger partial charge on any atom is 0.191 e. The van der Waals surface area contributed by atoms with E-state index < -0.39 is 0 Å². The first-order valence-corrected chi connectivity index (χ1v) is 9.91. The van der Waals surface area contributed by atoms with Gasteiger partial charge in [0.1, 0.15) is 0 Å². The van der Waals surface area contributed by atoms with Gasteiger partial charge in [-0.05, 0) is 50.2 Å². The highest BCUT2D eigenvalue weighted by Gasteiger charge is 2.25. The van der Waals surface area contributed by atoms with E-state index in [1.54, 1.807) is 7.11 Å². The zero-order chi connectivity index (χ0) is 17.2. The molecule has 0 saturated carbocycles. The van der Waals surface area contributed by atoms with E-state index in [4.69, 9.17) is 9.73 Å². The minimum Gasteiger partial charge on any atom is -0.383 e.